The quantitative estimate of drug-likeness (QED) is 0.536. The second kappa shape index (κ2) is 7.58. The maximum Gasteiger partial charge on any atom is 0.165 e. The van der Waals surface area contributed by atoms with E-state index in [0.717, 1.165) is 37.2 Å². The molecule has 0 heterocycles. The average molecular weight is 421 g/mol. The lowest BCUT2D eigenvalue weighted by Gasteiger charge is -2.59. The number of hydrogen-bond donors (Lipinski definition) is 1. The molecule has 4 aliphatic carbocycles. The van der Waals surface area contributed by atoms with E-state index < -0.39 is 0 Å². The third-order valence-corrected chi connectivity index (χ3v) is 10.2. The summed E-state index contributed by atoms with van der Waals surface area (Å²) in [5.41, 5.74) is 3.79. The Labute approximate surface area is 188 Å². The minimum atomic E-state index is -0.164. The Morgan fingerprint density at radius 1 is 1.00 bits per heavy atom. The van der Waals surface area contributed by atoms with Crippen LogP contribution < -0.4 is 0 Å². The van der Waals surface area contributed by atoms with Crippen LogP contribution in [0.1, 0.15) is 96.1 Å². The molecule has 31 heavy (non-hydrogen) atoms. The molecular formula is C29H40O2. The number of aliphatic hydroxyl groups excluding tert-OH is 1. The maximum absolute atomic E-state index is 13.6. The van der Waals surface area contributed by atoms with Crippen LogP contribution in [0.5, 0.6) is 0 Å². The first-order valence-corrected chi connectivity index (χ1v) is 12.8. The minimum Gasteiger partial charge on any atom is -0.393 e. The molecule has 0 aliphatic heterocycles. The first-order valence-electron chi connectivity index (χ1n) is 12.8. The maximum atomic E-state index is 13.6. The first-order chi connectivity index (χ1) is 14.7. The van der Waals surface area contributed by atoms with Gasteiger partial charge in [0.2, 0.25) is 0 Å². The van der Waals surface area contributed by atoms with Crippen molar-refractivity contribution in [1.82, 2.24) is 0 Å². The van der Waals surface area contributed by atoms with Gasteiger partial charge in [0.1, 0.15) is 0 Å². The van der Waals surface area contributed by atoms with E-state index in [-0.39, 0.29) is 11.5 Å². The molecule has 4 aliphatic rings. The summed E-state index contributed by atoms with van der Waals surface area (Å²) >= 11 is 0. The Hall–Kier alpha value is -1.41. The molecule has 5 rings (SSSR count). The number of aliphatic hydroxyl groups is 1. The van der Waals surface area contributed by atoms with E-state index in [2.05, 4.69) is 58.0 Å². The number of ketones is 1. The van der Waals surface area contributed by atoms with Gasteiger partial charge in [-0.1, -0.05) is 52.0 Å². The van der Waals surface area contributed by atoms with Crippen LogP contribution in [0.3, 0.4) is 0 Å². The van der Waals surface area contributed by atoms with E-state index >= 15 is 0 Å². The molecule has 7 atom stereocenters. The van der Waals surface area contributed by atoms with Crippen molar-refractivity contribution in [2.75, 3.05) is 0 Å². The summed E-state index contributed by atoms with van der Waals surface area (Å²) in [6.45, 7) is 9.24. The highest BCUT2D eigenvalue weighted by atomic mass is 16.3. The Morgan fingerprint density at radius 2 is 1.74 bits per heavy atom. The first kappa shape index (κ1) is 21.4. The number of hydrogen-bond acceptors (Lipinski definition) is 2. The van der Waals surface area contributed by atoms with E-state index in [1.165, 1.54) is 36.8 Å². The summed E-state index contributed by atoms with van der Waals surface area (Å²) in [4.78, 5) is 13.6. The number of rotatable bonds is 2. The van der Waals surface area contributed by atoms with Gasteiger partial charge < -0.3 is 5.11 Å². The average Bonchev–Trinajstić information content (AvgIpc) is 2.99. The lowest BCUT2D eigenvalue weighted by atomic mass is 9.45. The molecule has 2 nitrogen and oxygen atoms in total. The largest absolute Gasteiger partial charge is 0.393 e. The summed E-state index contributed by atoms with van der Waals surface area (Å²) in [6.07, 6.45) is 10.9. The molecule has 1 aromatic carbocycles. The van der Waals surface area contributed by atoms with E-state index in [1.54, 1.807) is 0 Å². The lowest BCUT2D eigenvalue weighted by molar-refractivity contribution is -0.141. The van der Waals surface area contributed by atoms with Gasteiger partial charge in [0.05, 0.1) is 6.10 Å². The van der Waals surface area contributed by atoms with Crippen LogP contribution in [0.15, 0.2) is 29.8 Å². The number of allylic oxidation sites excluding steroid dienone is 1. The molecule has 0 radical (unpaired) electrons. The predicted molar refractivity (Wildman–Crippen MR) is 127 cm³/mol. The van der Waals surface area contributed by atoms with Gasteiger partial charge in [-0.2, -0.15) is 0 Å². The Balaban J connectivity index is 1.41. The fraction of sp³-hybridized carbons (Fsp3) is 0.690. The number of carbonyl (C=O) groups excluding carboxylic acids is 1. The number of Topliss-reactive ketones (excluding diaryl/α,β-unsaturated/α-hetero) is 1. The standard InChI is InChI=1S/C29H40O2/c1-18(2)20-7-5-19(6-8-20)15-21-16-26-24-10-9-22-17-23(30)11-13-28(22,3)25(24)12-14-29(26,4)27(21)31/h5-8,15,18,22-26,30H,9-14,16-17H2,1-4H3/b21-15+/t22-,23+,24+,25-,26-,28-,29-/m0/s1. The van der Waals surface area contributed by atoms with Crippen LogP contribution in [-0.4, -0.2) is 17.0 Å². The molecule has 0 unspecified atom stereocenters. The van der Waals surface area contributed by atoms with Gasteiger partial charge in [-0.15, -0.1) is 0 Å². The van der Waals surface area contributed by atoms with E-state index in [9.17, 15) is 9.90 Å². The van der Waals surface area contributed by atoms with Crippen LogP contribution >= 0.6 is 0 Å². The lowest BCUT2D eigenvalue weighted by Crippen LogP contribution is -2.54. The highest BCUT2D eigenvalue weighted by molar-refractivity contribution is 6.05. The fourth-order valence-corrected chi connectivity index (χ4v) is 8.21. The van der Waals surface area contributed by atoms with Gasteiger partial charge in [0, 0.05) is 5.41 Å². The van der Waals surface area contributed by atoms with E-state index in [1.807, 2.05) is 0 Å². The van der Waals surface area contributed by atoms with Gasteiger partial charge in [-0.25, -0.2) is 0 Å². The summed E-state index contributed by atoms with van der Waals surface area (Å²) in [5, 5.41) is 10.3. The normalized spacial score (nSPS) is 43.6. The highest BCUT2D eigenvalue weighted by Gasteiger charge is 2.61. The smallest absolute Gasteiger partial charge is 0.165 e. The topological polar surface area (TPSA) is 37.3 Å². The summed E-state index contributed by atoms with van der Waals surface area (Å²) < 4.78 is 0. The van der Waals surface area contributed by atoms with Gasteiger partial charge in [0.15, 0.2) is 5.78 Å². The molecular weight excluding hydrogens is 380 g/mol. The van der Waals surface area contributed by atoms with Crippen molar-refractivity contribution >= 4 is 11.9 Å². The zero-order chi connectivity index (χ0) is 22.0. The SMILES string of the molecule is CC(C)c1ccc(/C=C2\C[C@H]3[C@@H]4CC[C@H]5C[C@H](O)CC[C@]5(C)[C@H]4CC[C@]3(C)C2=O)cc1. The van der Waals surface area contributed by atoms with Crippen molar-refractivity contribution in [1.29, 1.82) is 0 Å². The Bertz CT molecular complexity index is 881. The predicted octanol–water partition coefficient (Wildman–Crippen LogP) is 6.78. The monoisotopic (exact) mass is 420 g/mol. The van der Waals surface area contributed by atoms with Crippen LogP contribution in [0, 0.1) is 34.5 Å². The van der Waals surface area contributed by atoms with Crippen LogP contribution in [-0.2, 0) is 4.79 Å². The van der Waals surface area contributed by atoms with Gasteiger partial charge in [-0.05, 0) is 109 Å². The molecule has 4 fully saturated rings. The van der Waals surface area contributed by atoms with Crippen molar-refractivity contribution in [3.63, 3.8) is 0 Å². The van der Waals surface area contributed by atoms with Crippen molar-refractivity contribution < 1.29 is 9.90 Å². The molecule has 0 spiro atoms. The molecule has 4 saturated carbocycles. The second-order valence-electron chi connectivity index (χ2n) is 12.1. The molecule has 0 saturated heterocycles. The Morgan fingerprint density at radius 3 is 2.45 bits per heavy atom. The summed E-state index contributed by atoms with van der Waals surface area (Å²) in [7, 11) is 0. The zero-order valence-corrected chi connectivity index (χ0v) is 19.9. The Kier molecular flexibility index (Phi) is 5.24. The van der Waals surface area contributed by atoms with Crippen LogP contribution in [0.4, 0.5) is 0 Å². The third kappa shape index (κ3) is 3.36. The van der Waals surface area contributed by atoms with Crippen molar-refractivity contribution in [2.45, 2.75) is 91.1 Å². The van der Waals surface area contributed by atoms with Crippen LogP contribution in [0.2, 0.25) is 0 Å². The number of fused-ring (bicyclic) bond motifs is 5. The summed E-state index contributed by atoms with van der Waals surface area (Å²) in [6, 6.07) is 8.78. The molecule has 168 valence electrons. The number of benzene rings is 1. The van der Waals surface area contributed by atoms with Gasteiger partial charge in [0.25, 0.3) is 0 Å². The van der Waals surface area contributed by atoms with E-state index in [0.29, 0.717) is 34.9 Å². The van der Waals surface area contributed by atoms with Gasteiger partial charge in [-0.3, -0.25) is 4.79 Å². The molecule has 0 aromatic heterocycles. The molecule has 0 bridgehead atoms. The van der Waals surface area contributed by atoms with Crippen molar-refractivity contribution in [3.8, 4) is 0 Å². The molecule has 1 N–H and O–H groups in total. The fourth-order valence-electron chi connectivity index (χ4n) is 8.21. The molecule has 2 heteroatoms. The molecule has 1 aromatic rings. The zero-order valence-electron chi connectivity index (χ0n) is 19.9. The van der Waals surface area contributed by atoms with E-state index in [4.69, 9.17) is 0 Å². The number of carbonyl (C=O) groups is 1. The second-order valence-corrected chi connectivity index (χ2v) is 12.1. The van der Waals surface area contributed by atoms with Gasteiger partial charge >= 0.3 is 0 Å². The summed E-state index contributed by atoms with van der Waals surface area (Å²) in [5.74, 6) is 3.54. The third-order valence-electron chi connectivity index (χ3n) is 10.2. The van der Waals surface area contributed by atoms with Crippen molar-refractivity contribution in [3.05, 3.63) is 41.0 Å². The highest BCUT2D eigenvalue weighted by Crippen LogP contribution is 2.66. The molecule has 0 amide bonds. The van der Waals surface area contributed by atoms with Crippen LogP contribution in [0.25, 0.3) is 6.08 Å². The minimum absolute atomic E-state index is 0.0897. The van der Waals surface area contributed by atoms with Crippen molar-refractivity contribution in [2.24, 2.45) is 34.5 Å².